The number of imidazole rings is 1. The molecule has 4 N–H and O–H groups in total. The molecular weight excluding hydrogens is 517 g/mol. The lowest BCUT2D eigenvalue weighted by Gasteiger charge is -2.27. The standard InChI is InChI=1S/C28H28FN7O4/c1-3-35-22(11-16(2)34-35)27(39)33-28-32-21-13-18(26(30)38)14-23-25(21)36(28)20(15-40-23)9-10-31-24(37)8-7-17-5-4-6-19(29)12-17/h4-8,11-14,20H,3,9-10,15H2,1-2H3,(H2,30,38)(H,31,37)(H,32,33,39)/b8-7+/t20-/m0/s1. The van der Waals surface area contributed by atoms with Gasteiger partial charge in [0, 0.05) is 24.7 Å². The van der Waals surface area contributed by atoms with Gasteiger partial charge in [0.05, 0.1) is 17.3 Å². The van der Waals surface area contributed by atoms with Gasteiger partial charge in [-0.1, -0.05) is 12.1 Å². The van der Waals surface area contributed by atoms with E-state index in [1.807, 2.05) is 18.4 Å². The van der Waals surface area contributed by atoms with Gasteiger partial charge in [0.2, 0.25) is 17.8 Å². The average Bonchev–Trinajstić information content (AvgIpc) is 3.49. The van der Waals surface area contributed by atoms with Crippen LogP contribution in [0.1, 0.15) is 51.5 Å². The summed E-state index contributed by atoms with van der Waals surface area (Å²) in [6.45, 7) is 4.73. The van der Waals surface area contributed by atoms with Crippen molar-refractivity contribution in [1.29, 1.82) is 0 Å². The Labute approximate surface area is 228 Å². The minimum absolute atomic E-state index is 0.213. The molecule has 0 unspecified atom stereocenters. The molecule has 2 aromatic heterocycles. The third-order valence-electron chi connectivity index (χ3n) is 6.54. The van der Waals surface area contributed by atoms with Crippen LogP contribution in [0.3, 0.4) is 0 Å². The molecule has 0 radical (unpaired) electrons. The van der Waals surface area contributed by atoms with Gasteiger partial charge in [-0.05, 0) is 62.2 Å². The summed E-state index contributed by atoms with van der Waals surface area (Å²) in [4.78, 5) is 42.1. The summed E-state index contributed by atoms with van der Waals surface area (Å²) in [5.74, 6) is -1.03. The number of anilines is 1. The zero-order valence-electron chi connectivity index (χ0n) is 22.0. The third-order valence-corrected chi connectivity index (χ3v) is 6.54. The fraction of sp³-hybridized carbons (Fsp3) is 0.250. The van der Waals surface area contributed by atoms with Crippen molar-refractivity contribution in [3.8, 4) is 5.75 Å². The lowest BCUT2D eigenvalue weighted by atomic mass is 10.1. The van der Waals surface area contributed by atoms with Crippen LogP contribution in [0.15, 0.2) is 48.5 Å². The normalized spacial score (nSPS) is 14.3. The number of benzene rings is 2. The van der Waals surface area contributed by atoms with E-state index in [1.165, 1.54) is 24.3 Å². The first-order valence-electron chi connectivity index (χ1n) is 12.8. The minimum atomic E-state index is -0.625. The average molecular weight is 546 g/mol. The van der Waals surface area contributed by atoms with Crippen LogP contribution in [0.4, 0.5) is 10.3 Å². The first-order valence-corrected chi connectivity index (χ1v) is 12.8. The van der Waals surface area contributed by atoms with Crippen molar-refractivity contribution in [3.05, 3.63) is 76.9 Å². The lowest BCUT2D eigenvalue weighted by Crippen LogP contribution is -2.30. The van der Waals surface area contributed by atoms with Crippen LogP contribution in [0.5, 0.6) is 5.75 Å². The SMILES string of the molecule is CCn1nc(C)cc1C(=O)Nc1nc2cc(C(N)=O)cc3c2n1[C@@H](CCNC(=O)/C=C/c1cccc(F)c1)CO3. The van der Waals surface area contributed by atoms with Crippen LogP contribution >= 0.6 is 0 Å². The maximum Gasteiger partial charge on any atom is 0.276 e. The number of aromatic nitrogens is 4. The van der Waals surface area contributed by atoms with Crippen molar-refractivity contribution in [1.82, 2.24) is 24.6 Å². The van der Waals surface area contributed by atoms with Gasteiger partial charge in [0.1, 0.15) is 29.4 Å². The number of amides is 3. The lowest BCUT2D eigenvalue weighted by molar-refractivity contribution is -0.116. The number of ether oxygens (including phenoxy) is 1. The van der Waals surface area contributed by atoms with Crippen LogP contribution in [0.25, 0.3) is 17.1 Å². The maximum atomic E-state index is 13.4. The van der Waals surface area contributed by atoms with Crippen molar-refractivity contribution >= 4 is 40.8 Å². The number of rotatable bonds is 9. The van der Waals surface area contributed by atoms with E-state index >= 15 is 0 Å². The highest BCUT2D eigenvalue weighted by Gasteiger charge is 2.29. The van der Waals surface area contributed by atoms with Crippen LogP contribution in [0.2, 0.25) is 0 Å². The van der Waals surface area contributed by atoms with Gasteiger partial charge in [-0.3, -0.25) is 24.4 Å². The number of hydrogen-bond donors (Lipinski definition) is 3. The van der Waals surface area contributed by atoms with Crippen molar-refractivity contribution in [3.63, 3.8) is 0 Å². The molecule has 1 atom stereocenters. The van der Waals surface area contributed by atoms with Gasteiger partial charge in [0.25, 0.3) is 5.91 Å². The van der Waals surface area contributed by atoms with Gasteiger partial charge in [-0.15, -0.1) is 0 Å². The summed E-state index contributed by atoms with van der Waals surface area (Å²) in [5, 5.41) is 10.0. The zero-order valence-corrected chi connectivity index (χ0v) is 22.0. The molecule has 0 saturated carbocycles. The number of nitrogens with one attached hydrogen (secondary N) is 2. The molecule has 1 aliphatic heterocycles. The summed E-state index contributed by atoms with van der Waals surface area (Å²) in [7, 11) is 0. The van der Waals surface area contributed by atoms with E-state index in [0.717, 1.165) is 0 Å². The summed E-state index contributed by atoms with van der Waals surface area (Å²) in [6.07, 6.45) is 3.33. The molecule has 4 aromatic rings. The Morgan fingerprint density at radius 2 is 2.05 bits per heavy atom. The summed E-state index contributed by atoms with van der Waals surface area (Å²) in [5.41, 5.74) is 8.45. The number of carbonyl (C=O) groups excluding carboxylic acids is 3. The van der Waals surface area contributed by atoms with E-state index in [4.69, 9.17) is 10.5 Å². The quantitative estimate of drug-likeness (QED) is 0.275. The highest BCUT2D eigenvalue weighted by Crippen LogP contribution is 2.38. The summed E-state index contributed by atoms with van der Waals surface area (Å²) in [6, 6.07) is 10.4. The number of carbonyl (C=O) groups is 3. The number of halogens is 1. The number of nitrogens with two attached hydrogens (primary N) is 1. The Morgan fingerprint density at radius 1 is 1.23 bits per heavy atom. The Hall–Kier alpha value is -5.00. The van der Waals surface area contributed by atoms with Crippen molar-refractivity contribution < 1.29 is 23.5 Å². The molecule has 11 nitrogen and oxygen atoms in total. The molecule has 2 aromatic carbocycles. The van der Waals surface area contributed by atoms with Crippen molar-refractivity contribution in [2.75, 3.05) is 18.5 Å². The second kappa shape index (κ2) is 11.0. The topological polar surface area (TPSA) is 146 Å². The summed E-state index contributed by atoms with van der Waals surface area (Å²) >= 11 is 0. The molecule has 0 saturated heterocycles. The first kappa shape index (κ1) is 26.6. The second-order valence-electron chi connectivity index (χ2n) is 9.39. The molecule has 0 bridgehead atoms. The molecule has 3 heterocycles. The monoisotopic (exact) mass is 545 g/mol. The van der Waals surface area contributed by atoms with Crippen LogP contribution < -0.4 is 21.1 Å². The van der Waals surface area contributed by atoms with Crippen molar-refractivity contribution in [2.45, 2.75) is 32.9 Å². The third kappa shape index (κ3) is 5.41. The van der Waals surface area contributed by atoms with Crippen LogP contribution in [0, 0.1) is 12.7 Å². The first-order chi connectivity index (χ1) is 19.2. The number of primary amides is 1. The van der Waals surface area contributed by atoms with Crippen molar-refractivity contribution in [2.24, 2.45) is 5.73 Å². The minimum Gasteiger partial charge on any atom is -0.489 e. The van der Waals surface area contributed by atoms with E-state index in [2.05, 4.69) is 20.7 Å². The fourth-order valence-electron chi connectivity index (χ4n) is 4.70. The highest BCUT2D eigenvalue weighted by atomic mass is 19.1. The number of nitrogens with zero attached hydrogens (tertiary/aromatic N) is 4. The molecule has 3 amide bonds. The molecule has 0 fully saturated rings. The number of aryl methyl sites for hydroxylation is 2. The predicted octanol–water partition coefficient (Wildman–Crippen LogP) is 3.20. The molecular formula is C28H28FN7O4. The van der Waals surface area contributed by atoms with Gasteiger partial charge in [-0.25, -0.2) is 9.37 Å². The van der Waals surface area contributed by atoms with Crippen LogP contribution in [-0.4, -0.2) is 50.2 Å². The zero-order chi connectivity index (χ0) is 28.4. The Balaban J connectivity index is 1.38. The molecule has 0 spiro atoms. The van der Waals surface area contributed by atoms with E-state index < -0.39 is 5.91 Å². The van der Waals surface area contributed by atoms with E-state index in [0.29, 0.717) is 53.2 Å². The van der Waals surface area contributed by atoms with E-state index in [9.17, 15) is 18.8 Å². The molecule has 40 heavy (non-hydrogen) atoms. The Kier molecular flexibility index (Phi) is 7.32. The maximum absolute atomic E-state index is 13.4. The molecule has 5 rings (SSSR count). The van der Waals surface area contributed by atoms with Gasteiger partial charge in [-0.2, -0.15) is 5.10 Å². The van der Waals surface area contributed by atoms with Crippen LogP contribution in [-0.2, 0) is 11.3 Å². The highest BCUT2D eigenvalue weighted by molar-refractivity contribution is 6.04. The second-order valence-corrected chi connectivity index (χ2v) is 9.39. The molecule has 1 aliphatic rings. The van der Waals surface area contributed by atoms with E-state index in [1.54, 1.807) is 35.0 Å². The molecule has 206 valence electrons. The number of hydrogen-bond acceptors (Lipinski definition) is 6. The summed E-state index contributed by atoms with van der Waals surface area (Å²) < 4.78 is 22.8. The smallest absolute Gasteiger partial charge is 0.276 e. The Bertz CT molecular complexity index is 1660. The predicted molar refractivity (Wildman–Crippen MR) is 146 cm³/mol. The fourth-order valence-corrected chi connectivity index (χ4v) is 4.70. The molecule has 0 aliphatic carbocycles. The van der Waals surface area contributed by atoms with Gasteiger partial charge >= 0.3 is 0 Å². The van der Waals surface area contributed by atoms with Gasteiger partial charge < -0.3 is 20.4 Å². The Morgan fingerprint density at radius 3 is 2.80 bits per heavy atom. The van der Waals surface area contributed by atoms with E-state index in [-0.39, 0.29) is 41.8 Å². The molecule has 12 heteroatoms. The largest absolute Gasteiger partial charge is 0.489 e. The van der Waals surface area contributed by atoms with Gasteiger partial charge in [0.15, 0.2) is 0 Å².